The largest absolute Gasteiger partial charge is 0.416 e. The Morgan fingerprint density at radius 2 is 1.82 bits per heavy atom. The molecule has 142 valence electrons. The monoisotopic (exact) mass is 388 g/mol. The highest BCUT2D eigenvalue weighted by atomic mass is 19.4. The first kappa shape index (κ1) is 17.9. The zero-order valence-electron chi connectivity index (χ0n) is 14.2. The molecule has 4 aromatic rings. The topological polar surface area (TPSA) is 52.7 Å². The second-order valence-electron chi connectivity index (χ2n) is 6.15. The van der Waals surface area contributed by atoms with Gasteiger partial charge < -0.3 is 0 Å². The maximum atomic E-state index is 13.3. The van der Waals surface area contributed by atoms with Crippen LogP contribution in [0.1, 0.15) is 11.1 Å². The summed E-state index contributed by atoms with van der Waals surface area (Å²) in [6.07, 6.45) is -1.97. The molecule has 0 saturated heterocycles. The molecule has 0 unspecified atom stereocenters. The molecule has 9 heteroatoms. The van der Waals surface area contributed by atoms with E-state index < -0.39 is 23.1 Å². The van der Waals surface area contributed by atoms with Gasteiger partial charge in [0.05, 0.1) is 24.0 Å². The van der Waals surface area contributed by atoms with E-state index in [4.69, 9.17) is 0 Å². The van der Waals surface area contributed by atoms with Gasteiger partial charge in [-0.2, -0.15) is 18.3 Å². The molecule has 0 atom stereocenters. The predicted octanol–water partition coefficient (Wildman–Crippen LogP) is 3.79. The molecule has 0 N–H and O–H groups in total. The third-order valence-corrected chi connectivity index (χ3v) is 4.21. The zero-order chi connectivity index (χ0) is 19.9. The van der Waals surface area contributed by atoms with Crippen molar-refractivity contribution < 1.29 is 17.6 Å². The summed E-state index contributed by atoms with van der Waals surface area (Å²) >= 11 is 0. The second kappa shape index (κ2) is 6.59. The average molecular weight is 388 g/mol. The summed E-state index contributed by atoms with van der Waals surface area (Å²) in [6, 6.07) is 10.4. The van der Waals surface area contributed by atoms with Crippen LogP contribution in [0.25, 0.3) is 16.7 Å². The van der Waals surface area contributed by atoms with Crippen LogP contribution in [0.3, 0.4) is 0 Å². The van der Waals surface area contributed by atoms with Crippen molar-refractivity contribution in [1.29, 1.82) is 0 Å². The van der Waals surface area contributed by atoms with Gasteiger partial charge in [-0.25, -0.2) is 14.1 Å². The lowest BCUT2D eigenvalue weighted by Crippen LogP contribution is -2.21. The van der Waals surface area contributed by atoms with E-state index in [2.05, 4.69) is 10.1 Å². The van der Waals surface area contributed by atoms with Crippen LogP contribution in [-0.4, -0.2) is 19.3 Å². The van der Waals surface area contributed by atoms with E-state index in [9.17, 15) is 22.4 Å². The molecule has 0 aliphatic carbocycles. The lowest BCUT2D eigenvalue weighted by molar-refractivity contribution is -0.137. The number of alkyl halides is 3. The van der Waals surface area contributed by atoms with Gasteiger partial charge in [0.25, 0.3) is 5.56 Å². The summed E-state index contributed by atoms with van der Waals surface area (Å²) < 4.78 is 54.7. The molecule has 4 rings (SSSR count). The highest BCUT2D eigenvalue weighted by Crippen LogP contribution is 2.30. The standard InChI is InChI=1S/C19H12F4N4O/c20-14-5-1-3-12(7-14)10-26-11-24-17-16(18(26)28)9-25-27(17)15-6-2-4-13(8-15)19(21,22)23/h1-9,11H,10H2. The van der Waals surface area contributed by atoms with Crippen molar-refractivity contribution >= 4 is 11.0 Å². The Bertz CT molecular complexity index is 1230. The Kier molecular flexibility index (Phi) is 4.21. The van der Waals surface area contributed by atoms with Gasteiger partial charge in [-0.1, -0.05) is 18.2 Å². The van der Waals surface area contributed by atoms with Gasteiger partial charge in [0, 0.05) is 0 Å². The number of halogens is 4. The van der Waals surface area contributed by atoms with E-state index >= 15 is 0 Å². The fourth-order valence-electron chi connectivity index (χ4n) is 2.90. The van der Waals surface area contributed by atoms with Crippen LogP contribution in [0.4, 0.5) is 17.6 Å². The van der Waals surface area contributed by atoms with Gasteiger partial charge in [-0.05, 0) is 35.9 Å². The van der Waals surface area contributed by atoms with Crippen molar-refractivity contribution in [2.24, 2.45) is 0 Å². The fraction of sp³-hybridized carbons (Fsp3) is 0.105. The molecule has 0 fully saturated rings. The van der Waals surface area contributed by atoms with Crippen LogP contribution in [0.2, 0.25) is 0 Å². The molecular formula is C19H12F4N4O. The van der Waals surface area contributed by atoms with E-state index in [1.54, 1.807) is 6.07 Å². The Morgan fingerprint density at radius 3 is 2.57 bits per heavy atom. The van der Waals surface area contributed by atoms with Gasteiger partial charge in [0.2, 0.25) is 0 Å². The molecule has 5 nitrogen and oxygen atoms in total. The Labute approximate surface area is 155 Å². The van der Waals surface area contributed by atoms with Gasteiger partial charge in [-0.3, -0.25) is 9.36 Å². The van der Waals surface area contributed by atoms with Gasteiger partial charge >= 0.3 is 6.18 Å². The molecule has 0 radical (unpaired) electrons. The summed E-state index contributed by atoms with van der Waals surface area (Å²) in [5.41, 5.74) is -0.395. The van der Waals surface area contributed by atoms with Crippen molar-refractivity contribution in [3.05, 3.63) is 88.4 Å². The van der Waals surface area contributed by atoms with E-state index in [0.717, 1.165) is 12.1 Å². The molecule has 0 aliphatic heterocycles. The highest BCUT2D eigenvalue weighted by Gasteiger charge is 2.30. The molecule has 0 bridgehead atoms. The molecular weight excluding hydrogens is 376 g/mol. The van der Waals surface area contributed by atoms with Crippen molar-refractivity contribution in [2.45, 2.75) is 12.7 Å². The lowest BCUT2D eigenvalue weighted by Gasteiger charge is -2.09. The second-order valence-corrected chi connectivity index (χ2v) is 6.15. The van der Waals surface area contributed by atoms with Crippen molar-refractivity contribution in [3.63, 3.8) is 0 Å². The molecule has 2 aromatic heterocycles. The maximum Gasteiger partial charge on any atom is 0.416 e. The van der Waals surface area contributed by atoms with Crippen LogP contribution in [-0.2, 0) is 12.7 Å². The van der Waals surface area contributed by atoms with Crippen LogP contribution in [0.5, 0.6) is 0 Å². The van der Waals surface area contributed by atoms with Gasteiger partial charge in [0.1, 0.15) is 17.5 Å². The van der Waals surface area contributed by atoms with Crippen molar-refractivity contribution in [1.82, 2.24) is 19.3 Å². The van der Waals surface area contributed by atoms with Crippen LogP contribution in [0, 0.1) is 5.82 Å². The number of hydrogen-bond acceptors (Lipinski definition) is 3. The summed E-state index contributed by atoms with van der Waals surface area (Å²) in [6.45, 7) is 0.105. The average Bonchev–Trinajstić information content (AvgIpc) is 3.08. The summed E-state index contributed by atoms with van der Waals surface area (Å²) in [5, 5.41) is 4.17. The quantitative estimate of drug-likeness (QED) is 0.502. The Morgan fingerprint density at radius 1 is 1.04 bits per heavy atom. The number of fused-ring (bicyclic) bond motifs is 1. The summed E-state index contributed by atoms with van der Waals surface area (Å²) in [4.78, 5) is 16.9. The molecule has 2 aromatic carbocycles. The van der Waals surface area contributed by atoms with E-state index in [1.165, 1.54) is 52.1 Å². The molecule has 2 heterocycles. The highest BCUT2D eigenvalue weighted by molar-refractivity contribution is 5.75. The predicted molar refractivity (Wildman–Crippen MR) is 93.6 cm³/mol. The molecule has 0 amide bonds. The zero-order valence-corrected chi connectivity index (χ0v) is 14.2. The van der Waals surface area contributed by atoms with Crippen LogP contribution < -0.4 is 5.56 Å². The smallest absolute Gasteiger partial charge is 0.294 e. The summed E-state index contributed by atoms with van der Waals surface area (Å²) in [5.74, 6) is -0.419. The first-order valence-electron chi connectivity index (χ1n) is 8.18. The van der Waals surface area contributed by atoms with Crippen molar-refractivity contribution in [2.75, 3.05) is 0 Å². The minimum atomic E-state index is -4.50. The van der Waals surface area contributed by atoms with E-state index in [-0.39, 0.29) is 23.3 Å². The molecule has 0 saturated carbocycles. The van der Waals surface area contributed by atoms with Crippen LogP contribution in [0.15, 0.2) is 65.8 Å². The number of nitrogens with zero attached hydrogens (tertiary/aromatic N) is 4. The summed E-state index contributed by atoms with van der Waals surface area (Å²) in [7, 11) is 0. The SMILES string of the molecule is O=c1c2cnn(-c3cccc(C(F)(F)F)c3)c2ncn1Cc1cccc(F)c1. The van der Waals surface area contributed by atoms with E-state index in [1.807, 2.05) is 0 Å². The first-order valence-corrected chi connectivity index (χ1v) is 8.18. The molecule has 0 spiro atoms. The third-order valence-electron chi connectivity index (χ3n) is 4.21. The van der Waals surface area contributed by atoms with E-state index in [0.29, 0.717) is 5.56 Å². The fourth-order valence-corrected chi connectivity index (χ4v) is 2.90. The van der Waals surface area contributed by atoms with Gasteiger partial charge in [-0.15, -0.1) is 0 Å². The number of aromatic nitrogens is 4. The maximum absolute atomic E-state index is 13.3. The Balaban J connectivity index is 1.76. The van der Waals surface area contributed by atoms with Crippen molar-refractivity contribution in [3.8, 4) is 5.69 Å². The third kappa shape index (κ3) is 3.26. The minimum Gasteiger partial charge on any atom is -0.294 e. The lowest BCUT2D eigenvalue weighted by atomic mass is 10.2. The number of benzene rings is 2. The van der Waals surface area contributed by atoms with Crippen LogP contribution >= 0.6 is 0 Å². The normalized spacial score (nSPS) is 11.9. The minimum absolute atomic E-state index is 0.105. The Hall–Kier alpha value is -3.49. The molecule has 0 aliphatic rings. The first-order chi connectivity index (χ1) is 13.3. The number of hydrogen-bond donors (Lipinski definition) is 0. The number of rotatable bonds is 3. The van der Waals surface area contributed by atoms with Gasteiger partial charge in [0.15, 0.2) is 5.65 Å². The molecule has 28 heavy (non-hydrogen) atoms.